The van der Waals surface area contributed by atoms with E-state index in [2.05, 4.69) is 21.2 Å². The predicted octanol–water partition coefficient (Wildman–Crippen LogP) is 2.52. The Morgan fingerprint density at radius 1 is 1.40 bits per heavy atom. The van der Waals surface area contributed by atoms with Gasteiger partial charge in [0, 0.05) is 11.0 Å². The van der Waals surface area contributed by atoms with Crippen LogP contribution in [0.1, 0.15) is 0 Å². The van der Waals surface area contributed by atoms with Crippen molar-refractivity contribution in [1.29, 1.82) is 0 Å². The van der Waals surface area contributed by atoms with Gasteiger partial charge < -0.3 is 15.2 Å². The maximum atomic E-state index is 8.49. The molecule has 0 radical (unpaired) electrons. The van der Waals surface area contributed by atoms with Crippen molar-refractivity contribution in [2.24, 2.45) is 0 Å². The number of aliphatic hydroxyl groups is 1. The van der Waals surface area contributed by atoms with Crippen LogP contribution in [0.3, 0.4) is 0 Å². The van der Waals surface area contributed by atoms with Crippen LogP contribution in [0.25, 0.3) is 0 Å². The first-order valence-electron chi connectivity index (χ1n) is 4.61. The number of hydrogen-bond acceptors (Lipinski definition) is 3. The number of hydrogen-bond donors (Lipinski definition) is 2. The molecule has 84 valence electrons. The average Bonchev–Trinajstić information content (AvgIpc) is 2.23. The maximum absolute atomic E-state index is 8.49. The van der Waals surface area contributed by atoms with E-state index in [9.17, 15) is 0 Å². The smallest absolute Gasteiger partial charge is 0.0698 e. The van der Waals surface area contributed by atoms with Crippen molar-refractivity contribution in [3.63, 3.8) is 0 Å². The van der Waals surface area contributed by atoms with Gasteiger partial charge in [-0.3, -0.25) is 0 Å². The molecule has 0 bridgehead atoms. The summed E-state index contributed by atoms with van der Waals surface area (Å²) in [5, 5.41) is 12.3. The zero-order valence-electron chi connectivity index (χ0n) is 8.17. The van der Waals surface area contributed by atoms with Crippen molar-refractivity contribution in [2.75, 3.05) is 31.7 Å². The highest BCUT2D eigenvalue weighted by Gasteiger charge is 1.99. The Balaban J connectivity index is 2.33. The minimum atomic E-state index is 0.0532. The quantitative estimate of drug-likeness (QED) is 0.792. The fourth-order valence-corrected chi connectivity index (χ4v) is 1.60. The van der Waals surface area contributed by atoms with Gasteiger partial charge in [-0.15, -0.1) is 0 Å². The monoisotopic (exact) mass is 293 g/mol. The summed E-state index contributed by atoms with van der Waals surface area (Å²) in [4.78, 5) is 0. The van der Waals surface area contributed by atoms with Gasteiger partial charge >= 0.3 is 0 Å². The lowest BCUT2D eigenvalue weighted by molar-refractivity contribution is 0.0992. The second-order valence-corrected chi connectivity index (χ2v) is 4.21. The zero-order valence-corrected chi connectivity index (χ0v) is 10.5. The lowest BCUT2D eigenvalue weighted by atomic mass is 10.3. The SMILES string of the molecule is OCCOCCNc1cc(Br)ccc1Cl. The summed E-state index contributed by atoms with van der Waals surface area (Å²) in [6.07, 6.45) is 0. The molecule has 0 fully saturated rings. The largest absolute Gasteiger partial charge is 0.394 e. The second-order valence-electron chi connectivity index (χ2n) is 2.89. The summed E-state index contributed by atoms with van der Waals surface area (Å²) in [6, 6.07) is 5.62. The van der Waals surface area contributed by atoms with Gasteiger partial charge in [0.25, 0.3) is 0 Å². The van der Waals surface area contributed by atoms with Crippen LogP contribution in [-0.2, 0) is 4.74 Å². The lowest BCUT2D eigenvalue weighted by Gasteiger charge is -2.08. The first-order chi connectivity index (χ1) is 7.24. The molecule has 5 heteroatoms. The first kappa shape index (κ1) is 12.8. The van der Waals surface area contributed by atoms with E-state index < -0.39 is 0 Å². The number of anilines is 1. The molecule has 0 atom stereocenters. The average molecular weight is 295 g/mol. The summed E-state index contributed by atoms with van der Waals surface area (Å²) in [6.45, 7) is 1.63. The summed E-state index contributed by atoms with van der Waals surface area (Å²) in [7, 11) is 0. The van der Waals surface area contributed by atoms with Crippen molar-refractivity contribution in [3.05, 3.63) is 27.7 Å². The highest BCUT2D eigenvalue weighted by molar-refractivity contribution is 9.10. The molecule has 0 aliphatic carbocycles. The molecule has 0 saturated heterocycles. The molecule has 1 aromatic carbocycles. The first-order valence-corrected chi connectivity index (χ1v) is 5.78. The van der Waals surface area contributed by atoms with Gasteiger partial charge in [0.1, 0.15) is 0 Å². The topological polar surface area (TPSA) is 41.5 Å². The Hall–Kier alpha value is -0.290. The third-order valence-corrected chi connectivity index (χ3v) is 2.55. The Kier molecular flexibility index (Phi) is 6.02. The van der Waals surface area contributed by atoms with Gasteiger partial charge in [-0.2, -0.15) is 0 Å². The Bertz CT molecular complexity index is 309. The Morgan fingerprint density at radius 3 is 2.93 bits per heavy atom. The molecule has 0 heterocycles. The lowest BCUT2D eigenvalue weighted by Crippen LogP contribution is -2.11. The standard InChI is InChI=1S/C10H13BrClNO2/c11-8-1-2-9(12)10(7-8)13-3-5-15-6-4-14/h1-2,7,13-14H,3-6H2. The van der Waals surface area contributed by atoms with Crippen molar-refractivity contribution in [2.45, 2.75) is 0 Å². The molecular formula is C10H13BrClNO2. The summed E-state index contributed by atoms with van der Waals surface area (Å²) in [5.74, 6) is 0. The van der Waals surface area contributed by atoms with Crippen LogP contribution >= 0.6 is 27.5 Å². The highest BCUT2D eigenvalue weighted by atomic mass is 79.9. The normalized spacial score (nSPS) is 10.3. The van der Waals surface area contributed by atoms with E-state index in [1.807, 2.05) is 18.2 Å². The van der Waals surface area contributed by atoms with Crippen LogP contribution in [0.2, 0.25) is 5.02 Å². The van der Waals surface area contributed by atoms with Gasteiger partial charge in [-0.1, -0.05) is 27.5 Å². The van der Waals surface area contributed by atoms with E-state index in [4.69, 9.17) is 21.4 Å². The number of ether oxygens (including phenoxy) is 1. The summed E-state index contributed by atoms with van der Waals surface area (Å²) in [5.41, 5.74) is 0.874. The van der Waals surface area contributed by atoms with E-state index >= 15 is 0 Å². The van der Waals surface area contributed by atoms with Gasteiger partial charge in [0.05, 0.1) is 30.5 Å². The number of halogens is 2. The Morgan fingerprint density at radius 2 is 2.20 bits per heavy atom. The van der Waals surface area contributed by atoms with Gasteiger partial charge in [0.2, 0.25) is 0 Å². The van der Waals surface area contributed by atoms with Crippen LogP contribution in [0.15, 0.2) is 22.7 Å². The van der Waals surface area contributed by atoms with E-state index in [1.165, 1.54) is 0 Å². The van der Waals surface area contributed by atoms with E-state index in [0.717, 1.165) is 10.2 Å². The van der Waals surface area contributed by atoms with Crippen molar-refractivity contribution in [3.8, 4) is 0 Å². The summed E-state index contributed by atoms with van der Waals surface area (Å²) < 4.78 is 6.08. The number of rotatable bonds is 6. The van der Waals surface area contributed by atoms with Gasteiger partial charge in [-0.25, -0.2) is 0 Å². The highest BCUT2D eigenvalue weighted by Crippen LogP contribution is 2.25. The van der Waals surface area contributed by atoms with E-state index in [1.54, 1.807) is 0 Å². The van der Waals surface area contributed by atoms with Crippen LogP contribution in [0, 0.1) is 0 Å². The van der Waals surface area contributed by atoms with Crippen LogP contribution in [0.4, 0.5) is 5.69 Å². The molecule has 1 rings (SSSR count). The summed E-state index contributed by atoms with van der Waals surface area (Å²) >= 11 is 9.34. The van der Waals surface area contributed by atoms with Crippen molar-refractivity contribution in [1.82, 2.24) is 0 Å². The van der Waals surface area contributed by atoms with Crippen LogP contribution in [0.5, 0.6) is 0 Å². The number of nitrogens with one attached hydrogen (secondary N) is 1. The molecule has 0 saturated carbocycles. The molecule has 1 aromatic rings. The minimum absolute atomic E-state index is 0.0532. The van der Waals surface area contributed by atoms with E-state index in [0.29, 0.717) is 24.8 Å². The third-order valence-electron chi connectivity index (χ3n) is 1.73. The number of aliphatic hydroxyl groups excluding tert-OH is 1. The van der Waals surface area contributed by atoms with Crippen LogP contribution in [-0.4, -0.2) is 31.5 Å². The molecular weight excluding hydrogens is 281 g/mol. The molecule has 0 unspecified atom stereocenters. The molecule has 15 heavy (non-hydrogen) atoms. The molecule has 0 amide bonds. The molecule has 0 aliphatic rings. The fraction of sp³-hybridized carbons (Fsp3) is 0.400. The second kappa shape index (κ2) is 7.06. The Labute approximate surface area is 103 Å². The fourth-order valence-electron chi connectivity index (χ4n) is 1.06. The maximum Gasteiger partial charge on any atom is 0.0698 e. The molecule has 0 spiro atoms. The van der Waals surface area contributed by atoms with Gasteiger partial charge in [-0.05, 0) is 18.2 Å². The van der Waals surface area contributed by atoms with Gasteiger partial charge in [0.15, 0.2) is 0 Å². The van der Waals surface area contributed by atoms with Crippen molar-refractivity contribution < 1.29 is 9.84 Å². The molecule has 3 nitrogen and oxygen atoms in total. The molecule has 0 aliphatic heterocycles. The third kappa shape index (κ3) is 4.84. The van der Waals surface area contributed by atoms with Crippen molar-refractivity contribution >= 4 is 33.2 Å². The number of benzene rings is 1. The predicted molar refractivity (Wildman–Crippen MR) is 65.5 cm³/mol. The molecule has 0 aromatic heterocycles. The van der Waals surface area contributed by atoms with E-state index in [-0.39, 0.29) is 6.61 Å². The minimum Gasteiger partial charge on any atom is -0.394 e. The molecule has 2 N–H and O–H groups in total. The van der Waals surface area contributed by atoms with Crippen LogP contribution < -0.4 is 5.32 Å². The zero-order chi connectivity index (χ0) is 11.1.